The monoisotopic (exact) mass is 343 g/mol. The molecule has 1 aromatic heterocycles. The fourth-order valence-corrected chi connectivity index (χ4v) is 4.65. The number of hydrogen-bond donors (Lipinski definition) is 1. The summed E-state index contributed by atoms with van der Waals surface area (Å²) in [5.41, 5.74) is 2.69. The third kappa shape index (κ3) is 2.69. The van der Waals surface area contributed by atoms with Crippen LogP contribution in [0.3, 0.4) is 0 Å². The molecule has 0 unspecified atom stereocenters. The van der Waals surface area contributed by atoms with Crippen LogP contribution in [0.15, 0.2) is 24.3 Å². The van der Waals surface area contributed by atoms with E-state index in [0.717, 1.165) is 42.4 Å². The average molecular weight is 343 g/mol. The van der Waals surface area contributed by atoms with Gasteiger partial charge in [-0.1, -0.05) is 12.1 Å². The third-order valence-corrected chi connectivity index (χ3v) is 5.87. The topological polar surface area (TPSA) is 56.4 Å². The number of rotatable bonds is 2. The molecule has 2 saturated heterocycles. The van der Waals surface area contributed by atoms with Gasteiger partial charge >= 0.3 is 0 Å². The maximum absolute atomic E-state index is 12.9. The van der Waals surface area contributed by atoms with E-state index in [1.54, 1.807) is 16.7 Å². The van der Waals surface area contributed by atoms with Crippen LogP contribution in [0.5, 0.6) is 0 Å². The Kier molecular flexibility index (Phi) is 4.00. The van der Waals surface area contributed by atoms with Crippen molar-refractivity contribution in [3.63, 3.8) is 0 Å². The van der Waals surface area contributed by atoms with Crippen LogP contribution >= 0.6 is 11.8 Å². The second kappa shape index (κ2) is 6.16. The van der Waals surface area contributed by atoms with Gasteiger partial charge in [0, 0.05) is 29.7 Å². The van der Waals surface area contributed by atoms with Crippen molar-refractivity contribution in [1.82, 2.24) is 14.8 Å². The molecule has 2 aromatic rings. The highest BCUT2D eigenvalue weighted by molar-refractivity contribution is 7.99. The van der Waals surface area contributed by atoms with Crippen molar-refractivity contribution in [1.29, 1.82) is 0 Å². The number of nitrogens with zero attached hydrogens (tertiary/aromatic N) is 2. The highest BCUT2D eigenvalue weighted by Gasteiger charge is 2.38. The fraction of sp³-hybridized carbons (Fsp3) is 0.444. The number of benzene rings is 1. The van der Waals surface area contributed by atoms with Gasteiger partial charge in [0.2, 0.25) is 5.91 Å². The zero-order valence-corrected chi connectivity index (χ0v) is 14.6. The summed E-state index contributed by atoms with van der Waals surface area (Å²) in [4.78, 5) is 32.5. The largest absolute Gasteiger partial charge is 0.351 e. The molecule has 0 radical (unpaired) electrons. The SMILES string of the molecule is Cc1ccc2cc(C(=O)N3CSC[C@H]3C(=O)N3CCCC3)[nH]c2c1. The normalized spacial score (nSPS) is 21.0. The third-order valence-electron chi connectivity index (χ3n) is 4.85. The molecule has 0 bridgehead atoms. The van der Waals surface area contributed by atoms with Crippen LogP contribution in [0.1, 0.15) is 28.9 Å². The lowest BCUT2D eigenvalue weighted by Crippen LogP contribution is -2.48. The maximum Gasteiger partial charge on any atom is 0.271 e. The molecule has 0 spiro atoms. The number of amides is 2. The van der Waals surface area contributed by atoms with Crippen LogP contribution in [0.25, 0.3) is 10.9 Å². The second-order valence-electron chi connectivity index (χ2n) is 6.60. The number of aromatic amines is 1. The summed E-state index contributed by atoms with van der Waals surface area (Å²) in [5, 5.41) is 1.03. The number of likely N-dealkylation sites (tertiary alicyclic amines) is 1. The first kappa shape index (κ1) is 15.6. The summed E-state index contributed by atoms with van der Waals surface area (Å²) in [6.07, 6.45) is 2.14. The fourth-order valence-electron chi connectivity index (χ4n) is 3.51. The van der Waals surface area contributed by atoms with Crippen molar-refractivity contribution >= 4 is 34.5 Å². The number of fused-ring (bicyclic) bond motifs is 1. The Balaban J connectivity index is 1.58. The van der Waals surface area contributed by atoms with E-state index < -0.39 is 0 Å². The molecule has 126 valence electrons. The Morgan fingerprint density at radius 3 is 2.79 bits per heavy atom. The molecule has 0 aliphatic carbocycles. The van der Waals surface area contributed by atoms with Crippen LogP contribution < -0.4 is 0 Å². The van der Waals surface area contributed by atoms with Gasteiger partial charge < -0.3 is 14.8 Å². The highest BCUT2D eigenvalue weighted by atomic mass is 32.2. The van der Waals surface area contributed by atoms with Gasteiger partial charge in [-0.2, -0.15) is 0 Å². The first-order valence-corrected chi connectivity index (χ1v) is 9.56. The number of thioether (sulfide) groups is 1. The lowest BCUT2D eigenvalue weighted by molar-refractivity contribution is -0.133. The van der Waals surface area contributed by atoms with Gasteiger partial charge in [-0.15, -0.1) is 11.8 Å². The summed E-state index contributed by atoms with van der Waals surface area (Å²) in [5.74, 6) is 1.31. The lowest BCUT2D eigenvalue weighted by Gasteiger charge is -2.26. The summed E-state index contributed by atoms with van der Waals surface area (Å²) >= 11 is 1.65. The van der Waals surface area contributed by atoms with Gasteiger partial charge in [0.1, 0.15) is 11.7 Å². The van der Waals surface area contributed by atoms with E-state index in [4.69, 9.17) is 0 Å². The van der Waals surface area contributed by atoms with E-state index in [0.29, 0.717) is 17.3 Å². The van der Waals surface area contributed by atoms with Crippen LogP contribution in [0.4, 0.5) is 0 Å². The van der Waals surface area contributed by atoms with Gasteiger partial charge in [-0.05, 0) is 37.5 Å². The van der Waals surface area contributed by atoms with Gasteiger partial charge in [0.05, 0.1) is 5.88 Å². The Hall–Kier alpha value is -1.95. The molecule has 1 aromatic carbocycles. The molecule has 2 amide bonds. The molecule has 5 nitrogen and oxygen atoms in total. The maximum atomic E-state index is 12.9. The molecule has 3 heterocycles. The van der Waals surface area contributed by atoms with E-state index in [1.807, 2.05) is 36.1 Å². The Bertz CT molecular complexity index is 795. The predicted molar refractivity (Wildman–Crippen MR) is 96.1 cm³/mol. The van der Waals surface area contributed by atoms with Crippen LogP contribution in [0, 0.1) is 6.92 Å². The number of aromatic nitrogens is 1. The molecule has 6 heteroatoms. The molecule has 0 saturated carbocycles. The van der Waals surface area contributed by atoms with E-state index in [1.165, 1.54) is 0 Å². The lowest BCUT2D eigenvalue weighted by atomic mass is 10.2. The minimum absolute atomic E-state index is 0.0774. The average Bonchev–Trinajstić information content (AvgIpc) is 3.31. The molecule has 4 rings (SSSR count). The van der Waals surface area contributed by atoms with Crippen molar-refractivity contribution in [3.05, 3.63) is 35.5 Å². The van der Waals surface area contributed by atoms with Gasteiger partial charge in [-0.25, -0.2) is 0 Å². The zero-order chi connectivity index (χ0) is 16.7. The molecule has 1 atom stereocenters. The van der Waals surface area contributed by atoms with E-state index in [-0.39, 0.29) is 17.9 Å². The second-order valence-corrected chi connectivity index (χ2v) is 7.60. The predicted octanol–water partition coefficient (Wildman–Crippen LogP) is 2.61. The molecule has 2 aliphatic heterocycles. The molecule has 1 N–H and O–H groups in total. The van der Waals surface area contributed by atoms with Crippen molar-refractivity contribution in [3.8, 4) is 0 Å². The van der Waals surface area contributed by atoms with Crippen LogP contribution in [-0.4, -0.2) is 57.4 Å². The molecular weight excluding hydrogens is 322 g/mol. The van der Waals surface area contributed by atoms with Crippen LogP contribution in [-0.2, 0) is 4.79 Å². The number of carbonyl (C=O) groups excluding carboxylic acids is 2. The minimum atomic E-state index is -0.325. The van der Waals surface area contributed by atoms with Crippen molar-refractivity contribution < 1.29 is 9.59 Å². The smallest absolute Gasteiger partial charge is 0.271 e. The number of nitrogens with one attached hydrogen (secondary N) is 1. The summed E-state index contributed by atoms with van der Waals surface area (Å²) < 4.78 is 0. The quantitative estimate of drug-likeness (QED) is 0.912. The van der Waals surface area contributed by atoms with E-state index in [9.17, 15) is 9.59 Å². The number of aryl methyl sites for hydroxylation is 1. The van der Waals surface area contributed by atoms with E-state index >= 15 is 0 Å². The van der Waals surface area contributed by atoms with E-state index in [2.05, 4.69) is 4.98 Å². The summed E-state index contributed by atoms with van der Waals surface area (Å²) in [6.45, 7) is 3.69. The Morgan fingerprint density at radius 2 is 2.00 bits per heavy atom. The molecule has 2 aliphatic rings. The summed E-state index contributed by atoms with van der Waals surface area (Å²) in [6, 6.07) is 7.66. The van der Waals surface area contributed by atoms with Gasteiger partial charge in [0.15, 0.2) is 0 Å². The highest BCUT2D eigenvalue weighted by Crippen LogP contribution is 2.27. The minimum Gasteiger partial charge on any atom is -0.351 e. The number of H-pyrrole nitrogens is 1. The molecule has 24 heavy (non-hydrogen) atoms. The first-order valence-electron chi connectivity index (χ1n) is 8.40. The zero-order valence-electron chi connectivity index (χ0n) is 13.7. The standard InChI is InChI=1S/C18H21N3O2S/c1-12-4-5-13-9-15(19-14(13)8-12)17(22)21-11-24-10-16(21)18(23)20-6-2-3-7-20/h4-5,8-9,16,19H,2-3,6-7,10-11H2,1H3/t16-/m0/s1. The van der Waals surface area contributed by atoms with Crippen molar-refractivity contribution in [2.75, 3.05) is 24.7 Å². The Morgan fingerprint density at radius 1 is 1.21 bits per heavy atom. The number of hydrogen-bond acceptors (Lipinski definition) is 3. The number of carbonyl (C=O) groups is 2. The summed E-state index contributed by atoms with van der Waals surface area (Å²) in [7, 11) is 0. The van der Waals surface area contributed by atoms with Crippen molar-refractivity contribution in [2.24, 2.45) is 0 Å². The molecule has 2 fully saturated rings. The van der Waals surface area contributed by atoms with Gasteiger partial charge in [-0.3, -0.25) is 9.59 Å². The van der Waals surface area contributed by atoms with Crippen molar-refractivity contribution in [2.45, 2.75) is 25.8 Å². The Labute approximate surface area is 145 Å². The molecular formula is C18H21N3O2S. The van der Waals surface area contributed by atoms with Crippen LogP contribution in [0.2, 0.25) is 0 Å². The first-order chi connectivity index (χ1) is 11.6. The van der Waals surface area contributed by atoms with Gasteiger partial charge in [0.25, 0.3) is 5.91 Å².